The number of hydrogen-bond donors (Lipinski definition) is 0. The first-order chi connectivity index (χ1) is 8.37. The van der Waals surface area contributed by atoms with Gasteiger partial charge in [-0.05, 0) is 31.4 Å². The number of rotatable bonds is 6. The molecule has 0 aromatic heterocycles. The Kier molecular flexibility index (Phi) is 5.08. The molecule has 18 heavy (non-hydrogen) atoms. The van der Waals surface area contributed by atoms with Crippen LogP contribution in [-0.2, 0) is 9.84 Å². The van der Waals surface area contributed by atoms with Gasteiger partial charge >= 0.3 is 0 Å². The Morgan fingerprint density at radius 2 is 1.89 bits per heavy atom. The molecule has 3 nitrogen and oxygen atoms in total. The highest BCUT2D eigenvalue weighted by molar-refractivity contribution is 7.91. The van der Waals surface area contributed by atoms with E-state index in [0.717, 1.165) is 11.1 Å². The number of benzene rings is 1. The van der Waals surface area contributed by atoms with Gasteiger partial charge in [0.2, 0.25) is 0 Å². The van der Waals surface area contributed by atoms with Gasteiger partial charge in [0, 0.05) is 17.7 Å². The Morgan fingerprint density at radius 3 is 2.50 bits per heavy atom. The first kappa shape index (κ1) is 14.9. The van der Waals surface area contributed by atoms with Gasteiger partial charge in [-0.3, -0.25) is 4.79 Å². The van der Waals surface area contributed by atoms with Crippen LogP contribution in [0.2, 0.25) is 0 Å². The van der Waals surface area contributed by atoms with Crippen LogP contribution in [0, 0.1) is 13.8 Å². The summed E-state index contributed by atoms with van der Waals surface area (Å²) in [5.74, 6) is 0.271. The summed E-state index contributed by atoms with van der Waals surface area (Å²) in [7, 11) is -2.97. The lowest BCUT2D eigenvalue weighted by Gasteiger charge is -2.07. The van der Waals surface area contributed by atoms with Crippen molar-refractivity contribution < 1.29 is 13.2 Å². The molecule has 0 amide bonds. The fourth-order valence-corrected chi connectivity index (χ4v) is 2.66. The molecule has 0 saturated heterocycles. The zero-order valence-corrected chi connectivity index (χ0v) is 12.0. The third-order valence-electron chi connectivity index (χ3n) is 3.20. The molecule has 0 aliphatic heterocycles. The van der Waals surface area contributed by atoms with Crippen LogP contribution in [0.25, 0.3) is 0 Å². The van der Waals surface area contributed by atoms with E-state index in [-0.39, 0.29) is 17.3 Å². The molecule has 0 saturated carbocycles. The average Bonchev–Trinajstić information content (AvgIpc) is 2.32. The van der Waals surface area contributed by atoms with E-state index < -0.39 is 9.84 Å². The van der Waals surface area contributed by atoms with E-state index in [1.165, 1.54) is 0 Å². The molecular weight excluding hydrogens is 248 g/mol. The number of carbonyl (C=O) groups excluding carboxylic acids is 1. The lowest BCUT2D eigenvalue weighted by Crippen LogP contribution is -2.11. The Labute approximate surface area is 109 Å². The lowest BCUT2D eigenvalue weighted by atomic mass is 9.98. The van der Waals surface area contributed by atoms with E-state index >= 15 is 0 Å². The van der Waals surface area contributed by atoms with Crippen molar-refractivity contribution in [2.75, 3.05) is 11.5 Å². The molecule has 0 aliphatic carbocycles. The first-order valence-electron chi connectivity index (χ1n) is 6.17. The quantitative estimate of drug-likeness (QED) is 0.745. The van der Waals surface area contributed by atoms with Crippen LogP contribution >= 0.6 is 0 Å². The molecule has 0 atom stereocenters. The van der Waals surface area contributed by atoms with Crippen molar-refractivity contribution in [1.29, 1.82) is 0 Å². The second-order valence-electron chi connectivity index (χ2n) is 4.51. The second kappa shape index (κ2) is 6.14. The maximum absolute atomic E-state index is 12.0. The Balaban J connectivity index is 2.64. The summed E-state index contributed by atoms with van der Waals surface area (Å²) in [4.78, 5) is 12.0. The summed E-state index contributed by atoms with van der Waals surface area (Å²) in [6.07, 6.45) is 0.700. The fraction of sp³-hybridized carbons (Fsp3) is 0.500. The number of Topliss-reactive ketones (excluding diaryl/α,β-unsaturated/α-hetero) is 1. The highest BCUT2D eigenvalue weighted by Gasteiger charge is 2.12. The number of aryl methyl sites for hydroxylation is 1. The van der Waals surface area contributed by atoms with Crippen molar-refractivity contribution in [3.63, 3.8) is 0 Å². The first-order valence-corrected chi connectivity index (χ1v) is 7.99. The van der Waals surface area contributed by atoms with Gasteiger partial charge < -0.3 is 0 Å². The van der Waals surface area contributed by atoms with E-state index in [4.69, 9.17) is 0 Å². The van der Waals surface area contributed by atoms with Gasteiger partial charge in [0.15, 0.2) is 5.78 Å². The Morgan fingerprint density at radius 1 is 1.22 bits per heavy atom. The van der Waals surface area contributed by atoms with Gasteiger partial charge in [-0.15, -0.1) is 0 Å². The summed E-state index contributed by atoms with van der Waals surface area (Å²) in [6, 6.07) is 5.63. The highest BCUT2D eigenvalue weighted by Crippen LogP contribution is 2.15. The van der Waals surface area contributed by atoms with Gasteiger partial charge in [-0.2, -0.15) is 0 Å². The Bertz CT molecular complexity index is 530. The monoisotopic (exact) mass is 268 g/mol. The van der Waals surface area contributed by atoms with Crippen molar-refractivity contribution in [3.05, 3.63) is 34.9 Å². The molecule has 4 heteroatoms. The Hall–Kier alpha value is -1.16. The third-order valence-corrected chi connectivity index (χ3v) is 4.99. The molecule has 1 rings (SSSR count). The summed E-state index contributed by atoms with van der Waals surface area (Å²) in [6.45, 7) is 5.51. The van der Waals surface area contributed by atoms with Crippen LogP contribution in [0.15, 0.2) is 18.2 Å². The lowest BCUT2D eigenvalue weighted by molar-refractivity contribution is 0.0981. The zero-order chi connectivity index (χ0) is 13.8. The van der Waals surface area contributed by atoms with Crippen LogP contribution in [0.5, 0.6) is 0 Å². The topological polar surface area (TPSA) is 51.2 Å². The van der Waals surface area contributed by atoms with Gasteiger partial charge in [0.1, 0.15) is 9.84 Å². The summed E-state index contributed by atoms with van der Waals surface area (Å²) in [5.41, 5.74) is 2.78. The van der Waals surface area contributed by atoms with E-state index in [2.05, 4.69) is 0 Å². The van der Waals surface area contributed by atoms with E-state index in [9.17, 15) is 13.2 Å². The SMILES string of the molecule is CCS(=O)(=O)CCCC(=O)c1cccc(C)c1C. The minimum absolute atomic E-state index is 0.0301. The molecule has 0 heterocycles. The number of hydrogen-bond acceptors (Lipinski definition) is 3. The molecule has 0 radical (unpaired) electrons. The predicted octanol–water partition coefficient (Wildman–Crippen LogP) is 2.70. The number of sulfone groups is 1. The van der Waals surface area contributed by atoms with E-state index in [0.29, 0.717) is 18.4 Å². The molecule has 0 N–H and O–H groups in total. The molecular formula is C14H20O3S. The van der Waals surface area contributed by atoms with Crippen LogP contribution < -0.4 is 0 Å². The molecule has 0 spiro atoms. The molecule has 100 valence electrons. The van der Waals surface area contributed by atoms with E-state index in [1.54, 1.807) is 13.0 Å². The van der Waals surface area contributed by atoms with Gasteiger partial charge in [0.05, 0.1) is 5.75 Å². The van der Waals surface area contributed by atoms with Crippen molar-refractivity contribution in [1.82, 2.24) is 0 Å². The van der Waals surface area contributed by atoms with Crippen LogP contribution in [0.3, 0.4) is 0 Å². The van der Waals surface area contributed by atoms with Gasteiger partial charge in [0.25, 0.3) is 0 Å². The van der Waals surface area contributed by atoms with Crippen molar-refractivity contribution in [3.8, 4) is 0 Å². The van der Waals surface area contributed by atoms with Crippen LogP contribution in [0.1, 0.15) is 41.3 Å². The normalized spacial score (nSPS) is 11.5. The van der Waals surface area contributed by atoms with Crippen LogP contribution in [-0.4, -0.2) is 25.7 Å². The highest BCUT2D eigenvalue weighted by atomic mass is 32.2. The van der Waals surface area contributed by atoms with Crippen molar-refractivity contribution >= 4 is 15.6 Å². The van der Waals surface area contributed by atoms with Gasteiger partial charge in [-0.1, -0.05) is 25.1 Å². The summed E-state index contributed by atoms with van der Waals surface area (Å²) >= 11 is 0. The molecule has 0 fully saturated rings. The standard InChI is InChI=1S/C14H20O3S/c1-4-18(16,17)10-6-9-14(15)13-8-5-7-11(2)12(13)3/h5,7-8H,4,6,9-10H2,1-3H3. The fourth-order valence-electron chi connectivity index (χ4n) is 1.78. The van der Waals surface area contributed by atoms with Gasteiger partial charge in [-0.25, -0.2) is 8.42 Å². The van der Waals surface area contributed by atoms with Crippen LogP contribution in [0.4, 0.5) is 0 Å². The molecule has 0 aliphatic rings. The smallest absolute Gasteiger partial charge is 0.163 e. The average molecular weight is 268 g/mol. The predicted molar refractivity (Wildman–Crippen MR) is 73.8 cm³/mol. The second-order valence-corrected chi connectivity index (χ2v) is 6.98. The third kappa shape index (κ3) is 3.95. The minimum Gasteiger partial charge on any atom is -0.294 e. The van der Waals surface area contributed by atoms with Crippen molar-refractivity contribution in [2.24, 2.45) is 0 Å². The molecule has 0 unspecified atom stereocenters. The summed E-state index contributed by atoms with van der Waals surface area (Å²) < 4.78 is 22.7. The largest absolute Gasteiger partial charge is 0.294 e. The number of carbonyl (C=O) groups is 1. The van der Waals surface area contributed by atoms with Crippen molar-refractivity contribution in [2.45, 2.75) is 33.6 Å². The molecule has 0 bridgehead atoms. The summed E-state index contributed by atoms with van der Waals surface area (Å²) in [5, 5.41) is 0. The number of ketones is 1. The minimum atomic E-state index is -2.97. The molecule has 1 aromatic rings. The van der Waals surface area contributed by atoms with E-state index in [1.807, 2.05) is 26.0 Å². The zero-order valence-electron chi connectivity index (χ0n) is 11.2. The molecule has 1 aromatic carbocycles. The maximum atomic E-state index is 12.0. The maximum Gasteiger partial charge on any atom is 0.163 e.